The molecule has 4 atom stereocenters. The molecule has 0 aromatic heterocycles. The normalized spacial score (nSPS) is 17.5. The molecular weight excluding hydrogens is 544 g/mol. The average Bonchev–Trinajstić information content (AvgIpc) is 3.36. The van der Waals surface area contributed by atoms with Gasteiger partial charge in [-0.2, -0.15) is 0 Å². The molecule has 0 spiro atoms. The monoisotopic (exact) mass is 596 g/mol. The molecule has 240 valence electrons. The number of hydrogen-bond donors (Lipinski definition) is 5. The third kappa shape index (κ3) is 12.2. The van der Waals surface area contributed by atoms with Crippen LogP contribution in [0.4, 0.5) is 14.4 Å². The number of imide groups is 1. The number of amides is 8. The van der Waals surface area contributed by atoms with Crippen LogP contribution in [0.2, 0.25) is 0 Å². The second-order valence-corrected chi connectivity index (χ2v) is 10.5. The summed E-state index contributed by atoms with van der Waals surface area (Å²) in [6, 6.07) is -2.19. The van der Waals surface area contributed by atoms with Gasteiger partial charge < -0.3 is 40.8 Å². The van der Waals surface area contributed by atoms with Crippen LogP contribution in [-0.2, 0) is 14.4 Å². The lowest BCUT2D eigenvalue weighted by Gasteiger charge is -2.30. The first kappa shape index (κ1) is 36.6. The van der Waals surface area contributed by atoms with E-state index in [0.717, 1.165) is 12.8 Å². The maximum Gasteiger partial charge on any atom is 0.324 e. The molecule has 2 unspecified atom stereocenters. The Kier molecular flexibility index (Phi) is 17.1. The number of nitrogens with one attached hydrogen (secondary N) is 5. The van der Waals surface area contributed by atoms with E-state index in [2.05, 4.69) is 26.6 Å². The maximum atomic E-state index is 12.8. The van der Waals surface area contributed by atoms with Gasteiger partial charge in [0.2, 0.25) is 11.8 Å². The average molecular weight is 597 g/mol. The highest BCUT2D eigenvalue weighted by atomic mass is 16.2. The minimum absolute atomic E-state index is 0.00913. The van der Waals surface area contributed by atoms with Crippen molar-refractivity contribution in [3.8, 4) is 0 Å². The first-order valence-corrected chi connectivity index (χ1v) is 15.1. The maximum absolute atomic E-state index is 12.8. The summed E-state index contributed by atoms with van der Waals surface area (Å²) in [5.41, 5.74) is 0. The van der Waals surface area contributed by atoms with Crippen molar-refractivity contribution in [3.05, 3.63) is 0 Å². The number of carbonyl (C=O) groups excluding carboxylic acids is 6. The van der Waals surface area contributed by atoms with Crippen molar-refractivity contribution in [1.29, 1.82) is 0 Å². The molecule has 1 fully saturated rings. The second kappa shape index (κ2) is 19.7. The van der Waals surface area contributed by atoms with E-state index in [1.165, 1.54) is 4.90 Å². The summed E-state index contributed by atoms with van der Waals surface area (Å²) in [6.07, 6.45) is 4.45. The van der Waals surface area contributed by atoms with Gasteiger partial charge in [-0.3, -0.25) is 14.9 Å². The molecule has 1 rings (SSSR count). The summed E-state index contributed by atoms with van der Waals surface area (Å²) in [5.74, 6) is -0.626. The van der Waals surface area contributed by atoms with E-state index < -0.39 is 18.1 Å². The van der Waals surface area contributed by atoms with Crippen LogP contribution in [0.5, 0.6) is 0 Å². The fourth-order valence-corrected chi connectivity index (χ4v) is 4.73. The van der Waals surface area contributed by atoms with Crippen molar-refractivity contribution in [3.63, 3.8) is 0 Å². The number of urea groups is 3. The lowest BCUT2D eigenvalue weighted by atomic mass is 10.1. The SMILES string of the molecule is CCC(=O)N[C@H](C=O)CN(CC)C(=O)NCCCCNC(=O)N(CC)CC[C@H]1CCC(C)N1C(=O)NC(=O)C(C)NC. The number of hydrogen-bond acceptors (Lipinski definition) is 7. The van der Waals surface area contributed by atoms with Gasteiger partial charge in [0, 0.05) is 57.8 Å². The Bertz CT molecular complexity index is 904. The highest BCUT2D eigenvalue weighted by molar-refractivity contribution is 5.97. The van der Waals surface area contributed by atoms with E-state index in [9.17, 15) is 28.8 Å². The van der Waals surface area contributed by atoms with Crippen molar-refractivity contribution in [2.24, 2.45) is 0 Å². The van der Waals surface area contributed by atoms with Crippen molar-refractivity contribution in [1.82, 2.24) is 41.3 Å². The van der Waals surface area contributed by atoms with Crippen molar-refractivity contribution in [2.45, 2.75) is 97.3 Å². The molecular formula is C28H52N8O6. The third-order valence-corrected chi connectivity index (χ3v) is 7.55. The number of likely N-dealkylation sites (tertiary alicyclic amines) is 1. The minimum atomic E-state index is -0.756. The number of nitrogens with zero attached hydrogens (tertiary/aromatic N) is 3. The van der Waals surface area contributed by atoms with Crippen molar-refractivity contribution < 1.29 is 28.8 Å². The van der Waals surface area contributed by atoms with E-state index in [0.29, 0.717) is 58.3 Å². The summed E-state index contributed by atoms with van der Waals surface area (Å²) < 4.78 is 0. The number of unbranched alkanes of at least 4 members (excludes halogenated alkanes) is 1. The minimum Gasteiger partial charge on any atom is -0.345 e. The van der Waals surface area contributed by atoms with E-state index in [4.69, 9.17) is 0 Å². The highest BCUT2D eigenvalue weighted by Gasteiger charge is 2.35. The Morgan fingerprint density at radius 1 is 0.952 bits per heavy atom. The third-order valence-electron chi connectivity index (χ3n) is 7.55. The number of carbonyl (C=O) groups is 6. The summed E-state index contributed by atoms with van der Waals surface area (Å²) in [6.45, 7) is 11.4. The van der Waals surface area contributed by atoms with Gasteiger partial charge >= 0.3 is 18.1 Å². The van der Waals surface area contributed by atoms with Gasteiger partial charge in [0.1, 0.15) is 12.3 Å². The zero-order chi connectivity index (χ0) is 31.7. The molecule has 0 aromatic carbocycles. The largest absolute Gasteiger partial charge is 0.345 e. The predicted molar refractivity (Wildman–Crippen MR) is 160 cm³/mol. The van der Waals surface area contributed by atoms with Crippen LogP contribution in [0.25, 0.3) is 0 Å². The van der Waals surface area contributed by atoms with Gasteiger partial charge in [0.15, 0.2) is 0 Å². The standard InChI is InChI=1S/C28H52N8O6/c1-7-24(38)32-22(19-37)18-35(9-3)27(41)31-16-11-10-15-30-26(40)34(8-2)17-14-23-13-12-20(4)36(23)28(42)33-25(39)21(5)29-6/h19-23,29H,7-18H2,1-6H3,(H,30,40)(H,31,41)(H,32,38)(H,33,39,42)/t20?,21?,22-,23+/m0/s1. The summed E-state index contributed by atoms with van der Waals surface area (Å²) >= 11 is 0. The lowest BCUT2D eigenvalue weighted by molar-refractivity contribution is -0.124. The first-order chi connectivity index (χ1) is 20.0. The van der Waals surface area contributed by atoms with Crippen LogP contribution in [0.1, 0.15) is 73.1 Å². The van der Waals surface area contributed by atoms with Crippen LogP contribution in [0, 0.1) is 0 Å². The van der Waals surface area contributed by atoms with Crippen LogP contribution >= 0.6 is 0 Å². The molecule has 5 N–H and O–H groups in total. The Hall–Kier alpha value is -3.42. The molecule has 0 radical (unpaired) electrons. The van der Waals surface area contributed by atoms with Gasteiger partial charge in [0.25, 0.3) is 0 Å². The highest BCUT2D eigenvalue weighted by Crippen LogP contribution is 2.26. The van der Waals surface area contributed by atoms with Crippen molar-refractivity contribution in [2.75, 3.05) is 46.3 Å². The molecule has 1 saturated heterocycles. The van der Waals surface area contributed by atoms with Gasteiger partial charge in [-0.1, -0.05) is 6.92 Å². The Balaban J connectivity index is 2.42. The van der Waals surface area contributed by atoms with Gasteiger partial charge in [0.05, 0.1) is 6.04 Å². The molecule has 0 saturated carbocycles. The molecule has 0 aliphatic carbocycles. The molecule has 0 bridgehead atoms. The number of aldehydes is 1. The molecule has 1 aliphatic heterocycles. The molecule has 8 amide bonds. The zero-order valence-corrected chi connectivity index (χ0v) is 26.2. The summed E-state index contributed by atoms with van der Waals surface area (Å²) in [7, 11) is 1.66. The quantitative estimate of drug-likeness (QED) is 0.123. The lowest BCUT2D eigenvalue weighted by Crippen LogP contribution is -2.52. The summed E-state index contributed by atoms with van der Waals surface area (Å²) in [5, 5.41) is 13.6. The topological polar surface area (TPSA) is 172 Å². The predicted octanol–water partition coefficient (Wildman–Crippen LogP) is 1.01. The Labute approximate surface area is 250 Å². The molecule has 1 aliphatic rings. The Morgan fingerprint density at radius 3 is 2.07 bits per heavy atom. The van der Waals surface area contributed by atoms with Gasteiger partial charge in [-0.15, -0.1) is 0 Å². The van der Waals surface area contributed by atoms with Crippen LogP contribution in [-0.4, -0.2) is 121 Å². The number of likely N-dealkylation sites (N-methyl/N-ethyl adjacent to an activating group) is 2. The van der Waals surface area contributed by atoms with Crippen LogP contribution < -0.4 is 26.6 Å². The second-order valence-electron chi connectivity index (χ2n) is 10.5. The summed E-state index contributed by atoms with van der Waals surface area (Å²) in [4.78, 5) is 77.9. The molecule has 0 aromatic rings. The molecule has 42 heavy (non-hydrogen) atoms. The smallest absolute Gasteiger partial charge is 0.324 e. The number of rotatable bonds is 17. The van der Waals surface area contributed by atoms with E-state index in [1.807, 2.05) is 13.8 Å². The fraction of sp³-hybridized carbons (Fsp3) is 0.786. The molecule has 14 heteroatoms. The fourth-order valence-electron chi connectivity index (χ4n) is 4.73. The van der Waals surface area contributed by atoms with Gasteiger partial charge in [-0.25, -0.2) is 14.4 Å². The molecule has 14 nitrogen and oxygen atoms in total. The van der Waals surface area contributed by atoms with Crippen molar-refractivity contribution >= 4 is 36.2 Å². The first-order valence-electron chi connectivity index (χ1n) is 15.1. The van der Waals surface area contributed by atoms with E-state index in [-0.39, 0.29) is 48.9 Å². The molecule has 1 heterocycles. The van der Waals surface area contributed by atoms with Gasteiger partial charge in [-0.05, 0) is 66.8 Å². The van der Waals surface area contributed by atoms with E-state index >= 15 is 0 Å². The van der Waals surface area contributed by atoms with E-state index in [1.54, 1.807) is 37.6 Å². The zero-order valence-electron chi connectivity index (χ0n) is 26.2. The Morgan fingerprint density at radius 2 is 1.55 bits per heavy atom. The van der Waals surface area contributed by atoms with Crippen LogP contribution in [0.15, 0.2) is 0 Å². The van der Waals surface area contributed by atoms with Crippen LogP contribution in [0.3, 0.4) is 0 Å².